The predicted molar refractivity (Wildman–Crippen MR) is 140 cm³/mol. The zero-order valence-electron chi connectivity index (χ0n) is 21.4. The third kappa shape index (κ3) is 5.97. The van der Waals surface area contributed by atoms with E-state index in [-0.39, 0.29) is 39.7 Å². The number of aliphatic imine (C=N–C) groups is 1. The van der Waals surface area contributed by atoms with Gasteiger partial charge in [0.15, 0.2) is 23.2 Å². The Morgan fingerprint density at radius 3 is 2.49 bits per heavy atom. The molecule has 0 aliphatic heterocycles. The third-order valence-corrected chi connectivity index (χ3v) is 5.77. The largest absolute Gasteiger partial charge is 0.402 e. The van der Waals surface area contributed by atoms with E-state index in [1.54, 1.807) is 32.0 Å². The zero-order chi connectivity index (χ0) is 27.3. The standard InChI is InChI=1S/C27H29F2N5O3/c1-15-12-18(6-7-19(15)17(3)35)33-27(36)26-32-14-23(34(26)4)21-9-8-20(24(28)25(21)29)22(16(2)30)13-31-10-11-37-5/h6-9,12-14H,10-11,30H2,1-5H3,(H,33,36)/b22-16+,31-13?. The summed E-state index contributed by atoms with van der Waals surface area (Å²) in [5.74, 6) is -2.82. The highest BCUT2D eigenvalue weighted by atomic mass is 19.2. The van der Waals surface area contributed by atoms with Crippen molar-refractivity contribution < 1.29 is 23.1 Å². The molecule has 0 aliphatic rings. The molecule has 37 heavy (non-hydrogen) atoms. The van der Waals surface area contributed by atoms with Crippen LogP contribution in [0.2, 0.25) is 0 Å². The van der Waals surface area contributed by atoms with Crippen molar-refractivity contribution in [1.82, 2.24) is 9.55 Å². The van der Waals surface area contributed by atoms with Gasteiger partial charge in [0.05, 0.1) is 25.0 Å². The number of hydrogen-bond donors (Lipinski definition) is 2. The number of benzene rings is 2. The molecule has 0 saturated carbocycles. The lowest BCUT2D eigenvalue weighted by Gasteiger charge is -2.12. The molecule has 0 fully saturated rings. The van der Waals surface area contributed by atoms with Gasteiger partial charge in [0, 0.05) is 54.0 Å². The number of methoxy groups -OCH3 is 1. The summed E-state index contributed by atoms with van der Waals surface area (Å²) in [7, 11) is 3.07. The van der Waals surface area contributed by atoms with Crippen molar-refractivity contribution in [3.05, 3.63) is 76.4 Å². The first-order valence-electron chi connectivity index (χ1n) is 11.4. The number of rotatable bonds is 9. The number of carbonyl (C=O) groups excluding carboxylic acids is 2. The highest BCUT2D eigenvalue weighted by Crippen LogP contribution is 2.30. The normalized spacial score (nSPS) is 12.1. The average molecular weight is 510 g/mol. The fraction of sp³-hybridized carbons (Fsp3) is 0.259. The molecule has 0 radical (unpaired) electrons. The first kappa shape index (κ1) is 27.4. The second kappa shape index (κ2) is 11.7. The first-order chi connectivity index (χ1) is 17.6. The van der Waals surface area contributed by atoms with Crippen LogP contribution in [-0.4, -0.2) is 47.7 Å². The van der Waals surface area contributed by atoms with Crippen LogP contribution in [0.3, 0.4) is 0 Å². The minimum absolute atomic E-state index is 0.00385. The number of nitrogens with two attached hydrogens (primary N) is 1. The van der Waals surface area contributed by atoms with Gasteiger partial charge < -0.3 is 20.4 Å². The van der Waals surface area contributed by atoms with Gasteiger partial charge in [0.25, 0.3) is 5.91 Å². The molecule has 3 rings (SSSR count). The number of ether oxygens (including phenoxy) is 1. The molecule has 0 aliphatic carbocycles. The molecule has 8 nitrogen and oxygen atoms in total. The minimum Gasteiger partial charge on any atom is -0.402 e. The number of carbonyl (C=O) groups is 2. The van der Waals surface area contributed by atoms with Crippen LogP contribution in [-0.2, 0) is 11.8 Å². The average Bonchev–Trinajstić information content (AvgIpc) is 3.22. The summed E-state index contributed by atoms with van der Waals surface area (Å²) in [6.45, 7) is 5.53. The van der Waals surface area contributed by atoms with Gasteiger partial charge in [-0.15, -0.1) is 0 Å². The Kier molecular flexibility index (Phi) is 8.67. The van der Waals surface area contributed by atoms with Gasteiger partial charge in [-0.25, -0.2) is 13.8 Å². The van der Waals surface area contributed by atoms with E-state index in [0.29, 0.717) is 30.0 Å². The molecule has 3 aromatic rings. The van der Waals surface area contributed by atoms with Crippen molar-refractivity contribution in [1.29, 1.82) is 0 Å². The van der Waals surface area contributed by atoms with E-state index in [4.69, 9.17) is 10.5 Å². The molecule has 10 heteroatoms. The molecule has 1 heterocycles. The highest BCUT2D eigenvalue weighted by molar-refractivity contribution is 6.11. The van der Waals surface area contributed by atoms with Crippen LogP contribution in [0.5, 0.6) is 0 Å². The van der Waals surface area contributed by atoms with Crippen molar-refractivity contribution in [2.75, 3.05) is 25.6 Å². The van der Waals surface area contributed by atoms with Gasteiger partial charge in [0.1, 0.15) is 0 Å². The molecule has 0 saturated heterocycles. The Bertz CT molecular complexity index is 1410. The van der Waals surface area contributed by atoms with E-state index >= 15 is 8.78 Å². The summed E-state index contributed by atoms with van der Waals surface area (Å²) in [5.41, 5.74) is 8.29. The number of aryl methyl sites for hydroxylation is 1. The molecular weight excluding hydrogens is 480 g/mol. The van der Waals surface area contributed by atoms with E-state index in [1.165, 1.54) is 50.2 Å². The molecule has 0 unspecified atom stereocenters. The lowest BCUT2D eigenvalue weighted by Crippen LogP contribution is -2.17. The van der Waals surface area contributed by atoms with Crippen LogP contribution in [0.15, 0.2) is 47.2 Å². The third-order valence-electron chi connectivity index (χ3n) is 5.77. The van der Waals surface area contributed by atoms with Crippen molar-refractivity contribution in [3.8, 4) is 11.3 Å². The summed E-state index contributed by atoms with van der Waals surface area (Å²) >= 11 is 0. The summed E-state index contributed by atoms with van der Waals surface area (Å²) in [4.78, 5) is 32.8. The van der Waals surface area contributed by atoms with Gasteiger partial charge in [-0.1, -0.05) is 6.07 Å². The number of amides is 1. The van der Waals surface area contributed by atoms with E-state index in [0.717, 1.165) is 0 Å². The van der Waals surface area contributed by atoms with Crippen LogP contribution in [0.4, 0.5) is 14.5 Å². The quantitative estimate of drug-likeness (QED) is 0.250. The van der Waals surface area contributed by atoms with E-state index in [9.17, 15) is 9.59 Å². The summed E-state index contributed by atoms with van der Waals surface area (Å²) in [6, 6.07) is 7.73. The van der Waals surface area contributed by atoms with Crippen molar-refractivity contribution in [2.24, 2.45) is 17.8 Å². The highest BCUT2D eigenvalue weighted by Gasteiger charge is 2.22. The SMILES string of the molecule is COCCN=C/C(=C(/C)N)c1ccc(-c2cnc(C(=O)Nc3ccc(C(C)=O)c(C)c3)n2C)c(F)c1F. The van der Waals surface area contributed by atoms with Crippen LogP contribution in [0.25, 0.3) is 16.8 Å². The number of ketones is 1. The maximum atomic E-state index is 15.2. The molecule has 194 valence electrons. The number of nitrogens with one attached hydrogen (secondary N) is 1. The van der Waals surface area contributed by atoms with E-state index in [1.807, 2.05) is 0 Å². The van der Waals surface area contributed by atoms with Crippen molar-refractivity contribution >= 4 is 29.2 Å². The van der Waals surface area contributed by atoms with Crippen molar-refractivity contribution in [2.45, 2.75) is 20.8 Å². The van der Waals surface area contributed by atoms with E-state index in [2.05, 4.69) is 15.3 Å². The van der Waals surface area contributed by atoms with Crippen LogP contribution < -0.4 is 11.1 Å². The van der Waals surface area contributed by atoms with Gasteiger partial charge in [-0.2, -0.15) is 0 Å². The van der Waals surface area contributed by atoms with Crippen LogP contribution in [0, 0.1) is 18.6 Å². The smallest absolute Gasteiger partial charge is 0.291 e. The van der Waals surface area contributed by atoms with Gasteiger partial charge in [0.2, 0.25) is 0 Å². The summed E-state index contributed by atoms with van der Waals surface area (Å²) < 4.78 is 36.7. The Balaban J connectivity index is 1.90. The molecule has 0 atom stereocenters. The number of Topliss-reactive ketones (excluding diaryl/α,β-unsaturated/α-hetero) is 1. The molecule has 3 N–H and O–H groups in total. The lowest BCUT2D eigenvalue weighted by molar-refractivity contribution is 0.100. The van der Waals surface area contributed by atoms with E-state index < -0.39 is 17.5 Å². The lowest BCUT2D eigenvalue weighted by atomic mass is 10.0. The fourth-order valence-corrected chi connectivity index (χ4v) is 3.83. The predicted octanol–water partition coefficient (Wildman–Crippen LogP) is 4.54. The molecule has 2 aromatic carbocycles. The van der Waals surface area contributed by atoms with Gasteiger partial charge in [-0.3, -0.25) is 14.6 Å². The van der Waals surface area contributed by atoms with Crippen LogP contribution in [0.1, 0.15) is 46.0 Å². The Morgan fingerprint density at radius 2 is 1.86 bits per heavy atom. The fourth-order valence-electron chi connectivity index (χ4n) is 3.83. The van der Waals surface area contributed by atoms with Gasteiger partial charge in [-0.05, 0) is 50.6 Å². The van der Waals surface area contributed by atoms with Gasteiger partial charge >= 0.3 is 0 Å². The number of imidazole rings is 1. The topological polar surface area (TPSA) is 112 Å². The molecule has 1 amide bonds. The number of allylic oxidation sites excluding steroid dienone is 2. The molecule has 0 bridgehead atoms. The number of aromatic nitrogens is 2. The number of anilines is 1. The molecule has 0 spiro atoms. The Labute approximate surface area is 213 Å². The monoisotopic (exact) mass is 509 g/mol. The Hall–Kier alpha value is -4.18. The second-order valence-corrected chi connectivity index (χ2v) is 8.48. The number of nitrogens with zero attached hydrogens (tertiary/aromatic N) is 3. The first-order valence-corrected chi connectivity index (χ1v) is 11.4. The number of hydrogen-bond acceptors (Lipinski definition) is 6. The van der Waals surface area contributed by atoms with Crippen molar-refractivity contribution in [3.63, 3.8) is 0 Å². The maximum absolute atomic E-state index is 15.2. The summed E-state index contributed by atoms with van der Waals surface area (Å²) in [6.07, 6.45) is 2.69. The minimum atomic E-state index is -1.10. The number of halogens is 2. The maximum Gasteiger partial charge on any atom is 0.291 e. The molecule has 1 aromatic heterocycles. The zero-order valence-corrected chi connectivity index (χ0v) is 21.4. The molecular formula is C27H29F2N5O3. The second-order valence-electron chi connectivity index (χ2n) is 8.48. The van der Waals surface area contributed by atoms with Crippen LogP contribution >= 0.6 is 0 Å². The Morgan fingerprint density at radius 1 is 1.16 bits per heavy atom. The summed E-state index contributed by atoms with van der Waals surface area (Å²) in [5, 5.41) is 2.72.